The van der Waals surface area contributed by atoms with E-state index < -0.39 is 17.4 Å². The first-order chi connectivity index (χ1) is 19.9. The Morgan fingerprint density at radius 2 is 1.29 bits per heavy atom. The number of carbonyl (C=O) groups excluding carboxylic acids is 2. The summed E-state index contributed by atoms with van der Waals surface area (Å²) in [5, 5.41) is 11.1. The summed E-state index contributed by atoms with van der Waals surface area (Å²) in [5.74, 6) is -1.10. The zero-order valence-corrected chi connectivity index (χ0v) is 21.9. The van der Waals surface area contributed by atoms with Crippen molar-refractivity contribution in [2.45, 2.75) is 13.8 Å². The third-order valence-corrected chi connectivity index (χ3v) is 6.56. The van der Waals surface area contributed by atoms with Gasteiger partial charge in [0.1, 0.15) is 34.0 Å². The number of rotatable bonds is 6. The van der Waals surface area contributed by atoms with Crippen molar-refractivity contribution in [1.82, 2.24) is 15.3 Å². The normalized spacial score (nSPS) is 11.0. The van der Waals surface area contributed by atoms with Crippen LogP contribution in [0.25, 0.3) is 33.4 Å². The van der Waals surface area contributed by atoms with Crippen molar-refractivity contribution in [2.75, 3.05) is 5.32 Å². The molecule has 202 valence electrons. The number of para-hydroxylation sites is 1. The van der Waals surface area contributed by atoms with Crippen LogP contribution in [0.4, 0.5) is 5.69 Å². The van der Waals surface area contributed by atoms with Crippen molar-refractivity contribution in [3.8, 4) is 28.3 Å². The standard InChI is InChI=1S/C31H22N4O6/c1-17-23(25(34-40-17)19-11-5-3-6-12-19)29(36)33-27-28(21-15-9-10-16-22(21)32-30(27)37)39-31(38)24-18(2)41-35-26(24)20-13-7-4-8-14-20/h3-16H,1-2H3,(H,32,37)(H,33,36). The first-order valence-electron chi connectivity index (χ1n) is 12.6. The van der Waals surface area contributed by atoms with Gasteiger partial charge in [0.15, 0.2) is 11.4 Å². The number of benzene rings is 3. The quantitative estimate of drug-likeness (QED) is 0.245. The van der Waals surface area contributed by atoms with Crippen molar-refractivity contribution in [3.63, 3.8) is 0 Å². The average Bonchev–Trinajstić information content (AvgIpc) is 3.58. The zero-order valence-electron chi connectivity index (χ0n) is 21.9. The second kappa shape index (κ2) is 10.4. The molecule has 0 bridgehead atoms. The molecule has 0 aliphatic carbocycles. The number of esters is 1. The number of anilines is 1. The van der Waals surface area contributed by atoms with Crippen molar-refractivity contribution in [3.05, 3.63) is 118 Å². The Bertz CT molecular complexity index is 1970. The molecule has 0 spiro atoms. The fourth-order valence-electron chi connectivity index (χ4n) is 4.59. The minimum atomic E-state index is -0.806. The topological polar surface area (TPSA) is 140 Å². The Morgan fingerprint density at radius 1 is 0.756 bits per heavy atom. The molecule has 10 nitrogen and oxygen atoms in total. The SMILES string of the molecule is Cc1onc(-c2ccccc2)c1C(=O)Nc1c(OC(=O)c2c(-c3ccccc3)noc2C)c2ccccc2[nH]c1=O. The Labute approximate surface area is 232 Å². The van der Waals surface area contributed by atoms with E-state index in [2.05, 4.69) is 20.6 Å². The van der Waals surface area contributed by atoms with E-state index in [0.717, 1.165) is 0 Å². The van der Waals surface area contributed by atoms with Crippen LogP contribution in [0.1, 0.15) is 32.2 Å². The van der Waals surface area contributed by atoms with Crippen molar-refractivity contribution < 1.29 is 23.4 Å². The molecule has 6 rings (SSSR count). The number of hydrogen-bond acceptors (Lipinski definition) is 8. The molecule has 41 heavy (non-hydrogen) atoms. The highest BCUT2D eigenvalue weighted by molar-refractivity contribution is 6.11. The number of carbonyl (C=O) groups is 2. The molecular weight excluding hydrogens is 524 g/mol. The molecule has 6 aromatic rings. The zero-order chi connectivity index (χ0) is 28.5. The molecule has 0 radical (unpaired) electrons. The molecular formula is C31H22N4O6. The molecule has 0 saturated heterocycles. The maximum Gasteiger partial charge on any atom is 0.349 e. The molecule has 1 amide bonds. The van der Waals surface area contributed by atoms with Gasteiger partial charge in [-0.1, -0.05) is 83.1 Å². The van der Waals surface area contributed by atoms with Crippen LogP contribution in [0.3, 0.4) is 0 Å². The van der Waals surface area contributed by atoms with E-state index >= 15 is 0 Å². The highest BCUT2D eigenvalue weighted by Crippen LogP contribution is 2.34. The van der Waals surface area contributed by atoms with Crippen LogP contribution in [-0.2, 0) is 0 Å². The summed E-state index contributed by atoms with van der Waals surface area (Å²) < 4.78 is 16.5. The Hall–Kier alpha value is -5.77. The number of fused-ring (bicyclic) bond motifs is 1. The molecule has 3 heterocycles. The number of nitrogens with zero attached hydrogens (tertiary/aromatic N) is 2. The van der Waals surface area contributed by atoms with Gasteiger partial charge in [0.25, 0.3) is 11.5 Å². The van der Waals surface area contributed by atoms with Crippen LogP contribution < -0.4 is 15.6 Å². The number of pyridine rings is 1. The molecule has 0 atom stereocenters. The first kappa shape index (κ1) is 25.5. The average molecular weight is 547 g/mol. The summed E-state index contributed by atoms with van der Waals surface area (Å²) in [5.41, 5.74) is 1.64. The molecule has 3 aromatic carbocycles. The molecule has 0 aliphatic rings. The number of nitrogens with one attached hydrogen (secondary N) is 2. The van der Waals surface area contributed by atoms with Crippen molar-refractivity contribution in [2.24, 2.45) is 0 Å². The fourth-order valence-corrected chi connectivity index (χ4v) is 4.59. The minimum Gasteiger partial charge on any atom is -0.420 e. The number of aromatic nitrogens is 3. The number of H-pyrrole nitrogens is 1. The van der Waals surface area contributed by atoms with E-state index in [1.807, 2.05) is 36.4 Å². The van der Waals surface area contributed by atoms with Gasteiger partial charge in [0.05, 0.1) is 5.52 Å². The van der Waals surface area contributed by atoms with Gasteiger partial charge < -0.3 is 24.1 Å². The monoisotopic (exact) mass is 546 g/mol. The molecule has 2 N–H and O–H groups in total. The largest absolute Gasteiger partial charge is 0.420 e. The Balaban J connectivity index is 1.43. The summed E-state index contributed by atoms with van der Waals surface area (Å²) in [4.78, 5) is 43.3. The summed E-state index contributed by atoms with van der Waals surface area (Å²) >= 11 is 0. The highest BCUT2D eigenvalue weighted by Gasteiger charge is 2.28. The van der Waals surface area contributed by atoms with Crippen LogP contribution in [0.15, 0.2) is 98.8 Å². The van der Waals surface area contributed by atoms with Gasteiger partial charge in [-0.3, -0.25) is 9.59 Å². The third kappa shape index (κ3) is 4.67. The summed E-state index contributed by atoms with van der Waals surface area (Å²) in [7, 11) is 0. The maximum absolute atomic E-state index is 13.6. The lowest BCUT2D eigenvalue weighted by molar-refractivity contribution is 0.0735. The molecule has 10 heteroatoms. The number of ether oxygens (including phenoxy) is 1. The van der Waals surface area contributed by atoms with E-state index in [1.165, 1.54) is 0 Å². The summed E-state index contributed by atoms with van der Waals surface area (Å²) in [6, 6.07) is 24.8. The lowest BCUT2D eigenvalue weighted by atomic mass is 10.1. The molecule has 0 unspecified atom stereocenters. The van der Waals surface area contributed by atoms with Crippen LogP contribution >= 0.6 is 0 Å². The second-order valence-corrected chi connectivity index (χ2v) is 9.20. The lowest BCUT2D eigenvalue weighted by Crippen LogP contribution is -2.23. The summed E-state index contributed by atoms with van der Waals surface area (Å²) in [6.45, 7) is 3.19. The van der Waals surface area contributed by atoms with Crippen LogP contribution in [0.2, 0.25) is 0 Å². The van der Waals surface area contributed by atoms with E-state index in [0.29, 0.717) is 33.4 Å². The van der Waals surface area contributed by atoms with E-state index in [1.54, 1.807) is 62.4 Å². The number of amides is 1. The van der Waals surface area contributed by atoms with Gasteiger partial charge >= 0.3 is 5.97 Å². The predicted octanol–water partition coefficient (Wildman–Crippen LogP) is 5.93. The Morgan fingerprint density at radius 3 is 1.93 bits per heavy atom. The van der Waals surface area contributed by atoms with Crippen LogP contribution in [0, 0.1) is 13.8 Å². The first-order valence-corrected chi connectivity index (χ1v) is 12.6. The minimum absolute atomic E-state index is 0.0964. The third-order valence-electron chi connectivity index (χ3n) is 6.56. The van der Waals surface area contributed by atoms with Crippen molar-refractivity contribution in [1.29, 1.82) is 0 Å². The Kier molecular flexibility index (Phi) is 6.48. The molecule has 0 fully saturated rings. The smallest absolute Gasteiger partial charge is 0.349 e. The predicted molar refractivity (Wildman–Crippen MR) is 151 cm³/mol. The van der Waals surface area contributed by atoms with Gasteiger partial charge in [0.2, 0.25) is 0 Å². The van der Waals surface area contributed by atoms with Gasteiger partial charge in [-0.15, -0.1) is 0 Å². The molecule has 0 saturated carbocycles. The highest BCUT2D eigenvalue weighted by atomic mass is 16.5. The van der Waals surface area contributed by atoms with E-state index in [-0.39, 0.29) is 34.1 Å². The van der Waals surface area contributed by atoms with Crippen LogP contribution in [-0.4, -0.2) is 27.2 Å². The summed E-state index contributed by atoms with van der Waals surface area (Å²) in [6.07, 6.45) is 0. The fraction of sp³-hybridized carbons (Fsp3) is 0.0645. The van der Waals surface area contributed by atoms with Gasteiger partial charge in [-0.25, -0.2) is 4.79 Å². The van der Waals surface area contributed by atoms with Gasteiger partial charge in [-0.2, -0.15) is 0 Å². The second-order valence-electron chi connectivity index (χ2n) is 9.20. The molecule has 3 aromatic heterocycles. The van der Waals surface area contributed by atoms with Crippen molar-refractivity contribution >= 4 is 28.5 Å². The number of aryl methyl sites for hydroxylation is 2. The van der Waals surface area contributed by atoms with E-state index in [9.17, 15) is 14.4 Å². The lowest BCUT2D eigenvalue weighted by Gasteiger charge is -2.14. The van der Waals surface area contributed by atoms with Gasteiger partial charge in [-0.05, 0) is 26.0 Å². The number of hydrogen-bond donors (Lipinski definition) is 2. The maximum atomic E-state index is 13.6. The van der Waals surface area contributed by atoms with Crippen LogP contribution in [0.5, 0.6) is 5.75 Å². The van der Waals surface area contributed by atoms with E-state index in [4.69, 9.17) is 13.8 Å². The van der Waals surface area contributed by atoms with Gasteiger partial charge in [0, 0.05) is 16.5 Å². The molecule has 0 aliphatic heterocycles. The number of aromatic amines is 1.